The molecule has 0 unspecified atom stereocenters. The van der Waals surface area contributed by atoms with Crippen molar-refractivity contribution in [3.05, 3.63) is 134 Å². The summed E-state index contributed by atoms with van der Waals surface area (Å²) in [6.45, 7) is 19.3. The van der Waals surface area contributed by atoms with Gasteiger partial charge in [-0.1, -0.05) is 54.1 Å². The SMILES string of the molecule is CCN(C(=O)C1=C(C)/C(=C(/c2[nH]c(C)c(C(=O)N(CC)c3ccccc3)c2C)c2c(C)cc(C)cc2C)N=C1C)c1ccccc1. The second-order valence-corrected chi connectivity index (χ2v) is 12.1. The number of aromatic nitrogens is 1. The maximum Gasteiger partial charge on any atom is 0.260 e. The van der Waals surface area contributed by atoms with E-state index in [4.69, 9.17) is 4.99 Å². The van der Waals surface area contributed by atoms with Crippen LogP contribution in [0.5, 0.6) is 0 Å². The minimum atomic E-state index is -0.0733. The van der Waals surface area contributed by atoms with Gasteiger partial charge in [0.1, 0.15) is 0 Å². The lowest BCUT2D eigenvalue weighted by molar-refractivity contribution is -0.114. The van der Waals surface area contributed by atoms with Crippen LogP contribution in [0, 0.1) is 34.6 Å². The zero-order valence-electron chi connectivity index (χ0n) is 28.5. The highest BCUT2D eigenvalue weighted by atomic mass is 16.2. The van der Waals surface area contributed by atoms with Crippen molar-refractivity contribution < 1.29 is 9.59 Å². The number of nitrogens with zero attached hydrogens (tertiary/aromatic N) is 3. The van der Waals surface area contributed by atoms with Crippen molar-refractivity contribution in [1.82, 2.24) is 4.98 Å². The quantitative estimate of drug-likeness (QED) is 0.216. The van der Waals surface area contributed by atoms with Crippen molar-refractivity contribution in [1.29, 1.82) is 0 Å². The number of hydrogen-bond donors (Lipinski definition) is 1. The number of likely N-dealkylation sites (N-methyl/N-ethyl adjacent to an activating group) is 1. The predicted octanol–water partition coefficient (Wildman–Crippen LogP) is 8.83. The van der Waals surface area contributed by atoms with Gasteiger partial charge in [0.15, 0.2) is 0 Å². The van der Waals surface area contributed by atoms with E-state index in [9.17, 15) is 9.59 Å². The summed E-state index contributed by atoms with van der Waals surface area (Å²) >= 11 is 0. The number of anilines is 2. The number of aryl methyl sites for hydroxylation is 4. The molecule has 236 valence electrons. The predicted molar refractivity (Wildman–Crippen MR) is 191 cm³/mol. The van der Waals surface area contributed by atoms with Gasteiger partial charge in [-0.25, -0.2) is 0 Å². The van der Waals surface area contributed by atoms with E-state index in [-0.39, 0.29) is 11.8 Å². The van der Waals surface area contributed by atoms with Gasteiger partial charge in [-0.15, -0.1) is 0 Å². The lowest BCUT2D eigenvalue weighted by Gasteiger charge is -2.22. The first-order valence-corrected chi connectivity index (χ1v) is 16.0. The molecule has 0 saturated heterocycles. The van der Waals surface area contributed by atoms with Gasteiger partial charge in [0.25, 0.3) is 11.8 Å². The highest BCUT2D eigenvalue weighted by molar-refractivity contribution is 6.28. The molecular weight excluding hydrogens is 568 g/mol. The van der Waals surface area contributed by atoms with Crippen LogP contribution in [0.3, 0.4) is 0 Å². The molecule has 2 amide bonds. The maximum absolute atomic E-state index is 14.2. The Bertz CT molecular complexity index is 1890. The Kier molecular flexibility index (Phi) is 9.29. The lowest BCUT2D eigenvalue weighted by atomic mass is 9.87. The van der Waals surface area contributed by atoms with E-state index in [0.29, 0.717) is 29.9 Å². The van der Waals surface area contributed by atoms with Crippen LogP contribution in [0.1, 0.15) is 77.3 Å². The summed E-state index contributed by atoms with van der Waals surface area (Å²) in [7, 11) is 0. The van der Waals surface area contributed by atoms with Crippen molar-refractivity contribution in [2.75, 3.05) is 22.9 Å². The third-order valence-corrected chi connectivity index (χ3v) is 8.91. The highest BCUT2D eigenvalue weighted by Gasteiger charge is 2.33. The Balaban J connectivity index is 1.75. The number of nitrogens with one attached hydrogen (secondary N) is 1. The number of aromatic amines is 1. The molecule has 0 atom stereocenters. The number of allylic oxidation sites excluding steroid dienone is 1. The minimum absolute atomic E-state index is 0.0522. The fraction of sp³-hybridized carbons (Fsp3) is 0.275. The molecule has 2 heterocycles. The van der Waals surface area contributed by atoms with Crippen molar-refractivity contribution in [2.45, 2.75) is 62.3 Å². The normalized spacial score (nSPS) is 14.0. The number of benzene rings is 3. The number of rotatable bonds is 8. The van der Waals surface area contributed by atoms with E-state index in [1.165, 1.54) is 5.56 Å². The third-order valence-electron chi connectivity index (χ3n) is 8.91. The van der Waals surface area contributed by atoms with E-state index in [2.05, 4.69) is 37.9 Å². The molecule has 1 aliphatic heterocycles. The van der Waals surface area contributed by atoms with Crippen molar-refractivity contribution >= 4 is 34.5 Å². The molecule has 6 heteroatoms. The van der Waals surface area contributed by atoms with Gasteiger partial charge in [-0.05, 0) is 114 Å². The van der Waals surface area contributed by atoms with Crippen molar-refractivity contribution in [3.8, 4) is 0 Å². The van der Waals surface area contributed by atoms with Crippen LogP contribution in [0.2, 0.25) is 0 Å². The molecule has 0 spiro atoms. The molecule has 46 heavy (non-hydrogen) atoms. The number of hydrogen-bond acceptors (Lipinski definition) is 3. The molecule has 0 fully saturated rings. The summed E-state index contributed by atoms with van der Waals surface area (Å²) < 4.78 is 0. The smallest absolute Gasteiger partial charge is 0.260 e. The summed E-state index contributed by atoms with van der Waals surface area (Å²) in [5.41, 5.74) is 13.1. The second-order valence-electron chi connectivity index (χ2n) is 12.1. The van der Waals surface area contributed by atoms with Crippen molar-refractivity contribution in [2.24, 2.45) is 4.99 Å². The van der Waals surface area contributed by atoms with Crippen LogP contribution in [-0.2, 0) is 4.79 Å². The number of carbonyl (C=O) groups excluding carboxylic acids is 2. The average Bonchev–Trinajstić information content (AvgIpc) is 3.49. The van der Waals surface area contributed by atoms with E-state index in [1.54, 1.807) is 4.90 Å². The molecule has 5 rings (SSSR count). The molecule has 0 saturated carbocycles. The number of aliphatic imine (C=N–C) groups is 1. The summed E-state index contributed by atoms with van der Waals surface area (Å²) in [5, 5.41) is 0. The second kappa shape index (κ2) is 13.2. The van der Waals surface area contributed by atoms with Gasteiger partial charge in [0.2, 0.25) is 0 Å². The first-order chi connectivity index (χ1) is 22.0. The van der Waals surface area contributed by atoms with Crippen LogP contribution < -0.4 is 9.80 Å². The van der Waals surface area contributed by atoms with Crippen LogP contribution in [0.4, 0.5) is 11.4 Å². The topological polar surface area (TPSA) is 68.8 Å². The van der Waals surface area contributed by atoms with Gasteiger partial charge in [0, 0.05) is 35.7 Å². The standard InChI is InChI=1S/C40H44N4O2/c1-10-43(31-18-14-12-15-19-31)39(45)34-27(6)37(41-29(34)8)36(33-25(4)22-24(3)23-26(33)5)38-28(7)35(30(9)42-38)40(46)44(11-2)32-20-16-13-17-21-32/h12-23,41H,10-11H2,1-9H3/b38-36-. The van der Waals surface area contributed by atoms with Gasteiger partial charge in [-0.3, -0.25) is 14.6 Å². The number of para-hydroxylation sites is 2. The Morgan fingerprint density at radius 3 is 1.70 bits per heavy atom. The Morgan fingerprint density at radius 2 is 1.20 bits per heavy atom. The fourth-order valence-electron chi connectivity index (χ4n) is 6.89. The van der Waals surface area contributed by atoms with Gasteiger partial charge < -0.3 is 14.8 Å². The zero-order valence-corrected chi connectivity index (χ0v) is 28.5. The van der Waals surface area contributed by atoms with E-state index < -0.39 is 0 Å². The van der Waals surface area contributed by atoms with Crippen LogP contribution in [-0.4, -0.2) is 35.6 Å². The van der Waals surface area contributed by atoms with E-state index in [0.717, 1.165) is 61.9 Å². The molecule has 0 radical (unpaired) electrons. The Morgan fingerprint density at radius 1 is 0.696 bits per heavy atom. The van der Waals surface area contributed by atoms with Crippen LogP contribution in [0.25, 0.3) is 5.57 Å². The molecule has 6 nitrogen and oxygen atoms in total. The highest BCUT2D eigenvalue weighted by Crippen LogP contribution is 2.41. The van der Waals surface area contributed by atoms with Gasteiger partial charge in [0.05, 0.1) is 28.2 Å². The van der Waals surface area contributed by atoms with Crippen molar-refractivity contribution in [3.63, 3.8) is 0 Å². The molecule has 1 N–H and O–H groups in total. The number of H-pyrrole nitrogens is 1. The maximum atomic E-state index is 14.2. The monoisotopic (exact) mass is 612 g/mol. The van der Waals surface area contributed by atoms with Crippen LogP contribution >= 0.6 is 0 Å². The van der Waals surface area contributed by atoms with E-state index >= 15 is 0 Å². The minimum Gasteiger partial charge on any atom is -0.358 e. The van der Waals surface area contributed by atoms with Crippen LogP contribution in [0.15, 0.2) is 94.6 Å². The average molecular weight is 613 g/mol. The summed E-state index contributed by atoms with van der Waals surface area (Å²) in [6, 6.07) is 23.9. The molecule has 1 aromatic heterocycles. The van der Waals surface area contributed by atoms with E-state index in [1.807, 2.05) is 107 Å². The molecule has 4 aromatic rings. The first kappa shape index (κ1) is 32.4. The first-order valence-electron chi connectivity index (χ1n) is 16.0. The molecule has 0 bridgehead atoms. The fourth-order valence-corrected chi connectivity index (χ4v) is 6.89. The number of amides is 2. The Hall–Kier alpha value is -4.97. The zero-order chi connectivity index (χ0) is 33.3. The molecule has 1 aliphatic rings. The summed E-state index contributed by atoms with van der Waals surface area (Å²) in [4.78, 5) is 40.7. The molecule has 3 aromatic carbocycles. The lowest BCUT2D eigenvalue weighted by Crippen LogP contribution is -2.33. The Labute approximate surface area is 273 Å². The largest absolute Gasteiger partial charge is 0.358 e. The summed E-state index contributed by atoms with van der Waals surface area (Å²) in [5.74, 6) is -0.126. The molecule has 0 aliphatic carbocycles. The summed E-state index contributed by atoms with van der Waals surface area (Å²) in [6.07, 6.45) is 0. The van der Waals surface area contributed by atoms with Gasteiger partial charge in [-0.2, -0.15) is 0 Å². The number of carbonyl (C=O) groups is 2. The third kappa shape index (κ3) is 5.76. The van der Waals surface area contributed by atoms with Gasteiger partial charge >= 0.3 is 0 Å². The molecular formula is C40H44N4O2.